The molecule has 1 N–H and O–H groups in total. The van der Waals surface area contributed by atoms with Crippen LogP contribution in [0.1, 0.15) is 18.9 Å². The molecule has 0 bridgehead atoms. The van der Waals surface area contributed by atoms with Gasteiger partial charge in [-0.25, -0.2) is 0 Å². The maximum atomic E-state index is 9.05. The fraction of sp³-hybridized carbons (Fsp3) is 0.455. The van der Waals surface area contributed by atoms with Crippen LogP contribution in [-0.2, 0) is 0 Å². The minimum atomic E-state index is -0.306. The van der Waals surface area contributed by atoms with Crippen molar-refractivity contribution in [2.24, 2.45) is 0 Å². The van der Waals surface area contributed by atoms with Crippen LogP contribution in [0.25, 0.3) is 0 Å². The van der Waals surface area contributed by atoms with Crippen LogP contribution in [0.15, 0.2) is 22.7 Å². The van der Waals surface area contributed by atoms with Crippen molar-refractivity contribution >= 4 is 15.9 Å². The van der Waals surface area contributed by atoms with Gasteiger partial charge in [0, 0.05) is 6.42 Å². The van der Waals surface area contributed by atoms with Gasteiger partial charge in [-0.15, -0.1) is 0 Å². The number of hydrogen-bond acceptors (Lipinski definition) is 2. The highest BCUT2D eigenvalue weighted by Crippen LogP contribution is 2.25. The first-order chi connectivity index (χ1) is 6.59. The molecule has 1 atom stereocenters. The molecule has 0 amide bonds. The Morgan fingerprint density at radius 1 is 1.50 bits per heavy atom. The highest BCUT2D eigenvalue weighted by Gasteiger charge is 2.01. The van der Waals surface area contributed by atoms with E-state index in [1.165, 1.54) is 5.56 Å². The van der Waals surface area contributed by atoms with Crippen molar-refractivity contribution in [3.05, 3.63) is 28.2 Å². The number of aliphatic hydroxyl groups is 1. The van der Waals surface area contributed by atoms with Crippen LogP contribution >= 0.6 is 15.9 Å². The Labute approximate surface area is 93.0 Å². The SMILES string of the molecule is Cc1ccc(OCCC(C)O)c(Br)c1. The van der Waals surface area contributed by atoms with Gasteiger partial charge in [-0.05, 0) is 47.5 Å². The molecule has 1 unspecified atom stereocenters. The summed E-state index contributed by atoms with van der Waals surface area (Å²) in [5, 5.41) is 9.05. The highest BCUT2D eigenvalue weighted by molar-refractivity contribution is 9.10. The summed E-state index contributed by atoms with van der Waals surface area (Å²) in [6, 6.07) is 5.95. The first-order valence-corrected chi connectivity index (χ1v) is 5.46. The zero-order valence-corrected chi connectivity index (χ0v) is 10.0. The number of ether oxygens (including phenoxy) is 1. The Bertz CT molecular complexity index is 297. The zero-order valence-electron chi connectivity index (χ0n) is 8.46. The number of halogens is 1. The van der Waals surface area contributed by atoms with E-state index in [1.54, 1.807) is 6.92 Å². The maximum Gasteiger partial charge on any atom is 0.133 e. The quantitative estimate of drug-likeness (QED) is 0.900. The van der Waals surface area contributed by atoms with Gasteiger partial charge < -0.3 is 9.84 Å². The fourth-order valence-electron chi connectivity index (χ4n) is 1.06. The topological polar surface area (TPSA) is 29.5 Å². The van der Waals surface area contributed by atoms with Crippen molar-refractivity contribution in [2.75, 3.05) is 6.61 Å². The van der Waals surface area contributed by atoms with Crippen LogP contribution in [0.5, 0.6) is 5.75 Å². The molecule has 0 radical (unpaired) electrons. The van der Waals surface area contributed by atoms with E-state index in [4.69, 9.17) is 9.84 Å². The molecule has 0 saturated heterocycles. The second kappa shape index (κ2) is 5.37. The Kier molecular flexibility index (Phi) is 4.42. The van der Waals surface area contributed by atoms with Crippen LogP contribution in [-0.4, -0.2) is 17.8 Å². The first-order valence-electron chi connectivity index (χ1n) is 4.66. The third kappa shape index (κ3) is 3.68. The molecule has 1 aromatic carbocycles. The molecule has 0 aliphatic rings. The average molecular weight is 259 g/mol. The van der Waals surface area contributed by atoms with Gasteiger partial charge in [0.25, 0.3) is 0 Å². The molecule has 0 saturated carbocycles. The number of rotatable bonds is 4. The van der Waals surface area contributed by atoms with Gasteiger partial charge in [-0.3, -0.25) is 0 Å². The molecule has 14 heavy (non-hydrogen) atoms. The van der Waals surface area contributed by atoms with Crippen LogP contribution in [0, 0.1) is 6.92 Å². The lowest BCUT2D eigenvalue weighted by Gasteiger charge is -2.09. The second-order valence-electron chi connectivity index (χ2n) is 3.42. The largest absolute Gasteiger partial charge is 0.492 e. The molecule has 0 aliphatic carbocycles. The predicted octanol–water partition coefficient (Wildman–Crippen LogP) is 2.91. The number of benzene rings is 1. The van der Waals surface area contributed by atoms with E-state index in [2.05, 4.69) is 15.9 Å². The molecule has 3 heteroatoms. The van der Waals surface area contributed by atoms with Gasteiger partial charge >= 0.3 is 0 Å². The summed E-state index contributed by atoms with van der Waals surface area (Å²) in [7, 11) is 0. The molecule has 0 aromatic heterocycles. The minimum absolute atomic E-state index is 0.306. The normalized spacial score (nSPS) is 12.6. The third-order valence-electron chi connectivity index (χ3n) is 1.88. The van der Waals surface area contributed by atoms with Gasteiger partial charge in [0.05, 0.1) is 17.2 Å². The smallest absolute Gasteiger partial charge is 0.133 e. The summed E-state index contributed by atoms with van der Waals surface area (Å²) in [6.45, 7) is 4.33. The monoisotopic (exact) mass is 258 g/mol. The van der Waals surface area contributed by atoms with Crippen molar-refractivity contribution in [3.8, 4) is 5.75 Å². The van der Waals surface area contributed by atoms with Crippen molar-refractivity contribution in [1.82, 2.24) is 0 Å². The van der Waals surface area contributed by atoms with Crippen LogP contribution in [0.3, 0.4) is 0 Å². The van der Waals surface area contributed by atoms with E-state index >= 15 is 0 Å². The third-order valence-corrected chi connectivity index (χ3v) is 2.50. The van der Waals surface area contributed by atoms with Gasteiger partial charge in [0.1, 0.15) is 5.75 Å². The minimum Gasteiger partial charge on any atom is -0.492 e. The zero-order chi connectivity index (χ0) is 10.6. The van der Waals surface area contributed by atoms with Gasteiger partial charge in [0.2, 0.25) is 0 Å². The van der Waals surface area contributed by atoms with Crippen molar-refractivity contribution < 1.29 is 9.84 Å². The fourth-order valence-corrected chi connectivity index (χ4v) is 1.67. The Hall–Kier alpha value is -0.540. The van der Waals surface area contributed by atoms with Crippen LogP contribution in [0.2, 0.25) is 0 Å². The van der Waals surface area contributed by atoms with Gasteiger partial charge in [-0.1, -0.05) is 6.07 Å². The van der Waals surface area contributed by atoms with E-state index in [9.17, 15) is 0 Å². The van der Waals surface area contributed by atoms with Gasteiger partial charge in [0.15, 0.2) is 0 Å². The lowest BCUT2D eigenvalue weighted by Crippen LogP contribution is -2.07. The molecule has 0 spiro atoms. The van der Waals surface area contributed by atoms with Crippen molar-refractivity contribution in [2.45, 2.75) is 26.4 Å². The second-order valence-corrected chi connectivity index (χ2v) is 4.27. The molecular formula is C11H15BrO2. The Morgan fingerprint density at radius 2 is 2.21 bits per heavy atom. The summed E-state index contributed by atoms with van der Waals surface area (Å²) in [5.41, 5.74) is 1.19. The summed E-state index contributed by atoms with van der Waals surface area (Å²) < 4.78 is 6.46. The van der Waals surface area contributed by atoms with E-state index in [-0.39, 0.29) is 6.10 Å². The maximum absolute atomic E-state index is 9.05. The number of aliphatic hydroxyl groups excluding tert-OH is 1. The van der Waals surface area contributed by atoms with Gasteiger partial charge in [-0.2, -0.15) is 0 Å². The standard InChI is InChI=1S/C11H15BrO2/c1-8-3-4-11(10(12)7-8)14-6-5-9(2)13/h3-4,7,9,13H,5-6H2,1-2H3. The lowest BCUT2D eigenvalue weighted by atomic mass is 10.2. The average Bonchev–Trinajstić information content (AvgIpc) is 2.08. The number of hydrogen-bond donors (Lipinski definition) is 1. The summed E-state index contributed by atoms with van der Waals surface area (Å²) in [5.74, 6) is 0.830. The Balaban J connectivity index is 2.51. The lowest BCUT2D eigenvalue weighted by molar-refractivity contribution is 0.155. The van der Waals surface area contributed by atoms with Crippen molar-refractivity contribution in [1.29, 1.82) is 0 Å². The van der Waals surface area contributed by atoms with E-state index in [0.717, 1.165) is 10.2 Å². The Morgan fingerprint density at radius 3 is 2.79 bits per heavy atom. The first kappa shape index (κ1) is 11.5. The van der Waals surface area contributed by atoms with Crippen LogP contribution < -0.4 is 4.74 Å². The van der Waals surface area contributed by atoms with E-state index in [0.29, 0.717) is 13.0 Å². The van der Waals surface area contributed by atoms with E-state index < -0.39 is 0 Å². The number of aryl methyl sites for hydroxylation is 1. The molecule has 0 aliphatic heterocycles. The van der Waals surface area contributed by atoms with Crippen LogP contribution in [0.4, 0.5) is 0 Å². The summed E-state index contributed by atoms with van der Waals surface area (Å²) >= 11 is 3.43. The van der Waals surface area contributed by atoms with Crippen molar-refractivity contribution in [3.63, 3.8) is 0 Å². The summed E-state index contributed by atoms with van der Waals surface area (Å²) in [6.07, 6.45) is 0.347. The highest BCUT2D eigenvalue weighted by atomic mass is 79.9. The van der Waals surface area contributed by atoms with E-state index in [1.807, 2.05) is 25.1 Å². The molecule has 2 nitrogen and oxygen atoms in total. The molecule has 0 heterocycles. The molecule has 1 aromatic rings. The predicted molar refractivity (Wildman–Crippen MR) is 60.7 cm³/mol. The molecular weight excluding hydrogens is 244 g/mol. The summed E-state index contributed by atoms with van der Waals surface area (Å²) in [4.78, 5) is 0. The molecule has 78 valence electrons. The molecule has 1 rings (SSSR count). The molecule has 0 fully saturated rings.